The minimum Gasteiger partial charge on any atom is -0.342 e. The SMILES string of the molecule is N#Cc1ccc(Cl)c(S(=O)(=O)NCC(=O)N2CCCC2)c1. The molecular formula is C13H14ClN3O3S. The molecule has 1 aliphatic rings. The first-order valence-electron chi connectivity index (χ1n) is 6.41. The molecule has 1 aromatic rings. The highest BCUT2D eigenvalue weighted by Crippen LogP contribution is 2.22. The molecule has 8 heteroatoms. The summed E-state index contributed by atoms with van der Waals surface area (Å²) in [7, 11) is -3.93. The van der Waals surface area contributed by atoms with Crippen LogP contribution in [0.3, 0.4) is 0 Å². The molecule has 21 heavy (non-hydrogen) atoms. The third-order valence-corrected chi connectivity index (χ3v) is 5.10. The Bertz CT molecular complexity index is 691. The number of nitrogens with zero attached hydrogens (tertiary/aromatic N) is 2. The van der Waals surface area contributed by atoms with Gasteiger partial charge in [-0.05, 0) is 31.0 Å². The van der Waals surface area contributed by atoms with Crippen LogP contribution in [0, 0.1) is 11.3 Å². The number of nitrogens with one attached hydrogen (secondary N) is 1. The number of carbonyl (C=O) groups excluding carboxylic acids is 1. The summed E-state index contributed by atoms with van der Waals surface area (Å²) in [6.45, 7) is 1.01. The molecule has 0 unspecified atom stereocenters. The molecular weight excluding hydrogens is 314 g/mol. The molecule has 1 fully saturated rings. The summed E-state index contributed by atoms with van der Waals surface area (Å²) < 4.78 is 26.6. The Balaban J connectivity index is 2.11. The Morgan fingerprint density at radius 3 is 2.67 bits per heavy atom. The van der Waals surface area contributed by atoms with Crippen LogP contribution in [0.25, 0.3) is 0 Å². The molecule has 1 amide bonds. The quantitative estimate of drug-likeness (QED) is 0.897. The minimum absolute atomic E-state index is 0.00937. The van der Waals surface area contributed by atoms with E-state index in [1.165, 1.54) is 18.2 Å². The average Bonchev–Trinajstić information content (AvgIpc) is 2.99. The molecule has 6 nitrogen and oxygen atoms in total. The number of benzene rings is 1. The molecule has 0 spiro atoms. The van der Waals surface area contributed by atoms with Gasteiger partial charge in [0.15, 0.2) is 0 Å². The molecule has 0 aliphatic carbocycles. The number of sulfonamides is 1. The Labute approximate surface area is 128 Å². The second-order valence-corrected chi connectivity index (χ2v) is 6.81. The Kier molecular flexibility index (Phi) is 4.83. The lowest BCUT2D eigenvalue weighted by atomic mass is 10.2. The summed E-state index contributed by atoms with van der Waals surface area (Å²) in [6.07, 6.45) is 1.88. The van der Waals surface area contributed by atoms with E-state index in [9.17, 15) is 13.2 Å². The maximum atomic E-state index is 12.2. The zero-order valence-electron chi connectivity index (χ0n) is 11.2. The van der Waals surface area contributed by atoms with E-state index in [2.05, 4.69) is 4.72 Å². The molecule has 0 aromatic heterocycles. The summed E-state index contributed by atoms with van der Waals surface area (Å²) in [6, 6.07) is 5.81. The van der Waals surface area contributed by atoms with Crippen LogP contribution in [0.4, 0.5) is 0 Å². The summed E-state index contributed by atoms with van der Waals surface area (Å²) in [5, 5.41) is 8.82. The van der Waals surface area contributed by atoms with Gasteiger partial charge in [0, 0.05) is 13.1 Å². The smallest absolute Gasteiger partial charge is 0.242 e. The fourth-order valence-corrected chi connectivity index (χ4v) is 3.59. The predicted octanol–water partition coefficient (Wildman–Crippen LogP) is 1.11. The topological polar surface area (TPSA) is 90.3 Å². The monoisotopic (exact) mass is 327 g/mol. The first kappa shape index (κ1) is 15.8. The first-order valence-corrected chi connectivity index (χ1v) is 8.27. The molecule has 0 saturated carbocycles. The molecule has 112 valence electrons. The molecule has 1 aromatic carbocycles. The summed E-state index contributed by atoms with van der Waals surface area (Å²) >= 11 is 5.86. The third kappa shape index (κ3) is 3.73. The third-order valence-electron chi connectivity index (χ3n) is 3.22. The van der Waals surface area contributed by atoms with Crippen LogP contribution in [-0.4, -0.2) is 38.9 Å². The van der Waals surface area contributed by atoms with Crippen molar-refractivity contribution in [3.8, 4) is 6.07 Å². The van der Waals surface area contributed by atoms with Gasteiger partial charge in [-0.1, -0.05) is 11.6 Å². The molecule has 2 rings (SSSR count). The van der Waals surface area contributed by atoms with Crippen molar-refractivity contribution in [2.24, 2.45) is 0 Å². The molecule has 1 saturated heterocycles. The van der Waals surface area contributed by atoms with Crippen LogP contribution in [-0.2, 0) is 14.8 Å². The summed E-state index contributed by atoms with van der Waals surface area (Å²) in [5.41, 5.74) is 0.186. The zero-order chi connectivity index (χ0) is 15.5. The zero-order valence-corrected chi connectivity index (χ0v) is 12.7. The number of rotatable bonds is 4. The second kappa shape index (κ2) is 6.43. The van der Waals surface area contributed by atoms with Crippen molar-refractivity contribution in [3.63, 3.8) is 0 Å². The van der Waals surface area contributed by atoms with Crippen molar-refractivity contribution in [1.82, 2.24) is 9.62 Å². The van der Waals surface area contributed by atoms with Gasteiger partial charge in [-0.15, -0.1) is 0 Å². The summed E-state index contributed by atoms with van der Waals surface area (Å²) in [4.78, 5) is 13.3. The van der Waals surface area contributed by atoms with Gasteiger partial charge >= 0.3 is 0 Å². The maximum Gasteiger partial charge on any atom is 0.242 e. The van der Waals surface area contributed by atoms with Crippen LogP contribution in [0.5, 0.6) is 0 Å². The standard InChI is InChI=1S/C13H14ClN3O3S/c14-11-4-3-10(8-15)7-12(11)21(19,20)16-9-13(18)17-5-1-2-6-17/h3-4,7,16H,1-2,5-6,9H2. The molecule has 1 N–H and O–H groups in total. The van der Waals surface area contributed by atoms with Crippen molar-refractivity contribution in [1.29, 1.82) is 5.26 Å². The second-order valence-electron chi connectivity index (χ2n) is 4.67. The lowest BCUT2D eigenvalue weighted by Crippen LogP contribution is -2.38. The van der Waals surface area contributed by atoms with Crippen molar-refractivity contribution >= 4 is 27.5 Å². The minimum atomic E-state index is -3.93. The van der Waals surface area contributed by atoms with E-state index in [1.807, 2.05) is 6.07 Å². The maximum absolute atomic E-state index is 12.2. The van der Waals surface area contributed by atoms with E-state index in [1.54, 1.807) is 4.90 Å². The van der Waals surface area contributed by atoms with Gasteiger partial charge in [0.25, 0.3) is 0 Å². The molecule has 1 heterocycles. The molecule has 0 bridgehead atoms. The lowest BCUT2D eigenvalue weighted by Gasteiger charge is -2.15. The highest BCUT2D eigenvalue weighted by atomic mass is 35.5. The fraction of sp³-hybridized carbons (Fsp3) is 0.385. The number of halogens is 1. The number of amides is 1. The largest absolute Gasteiger partial charge is 0.342 e. The Morgan fingerprint density at radius 1 is 1.38 bits per heavy atom. The van der Waals surface area contributed by atoms with Crippen LogP contribution >= 0.6 is 11.6 Å². The summed E-state index contributed by atoms with van der Waals surface area (Å²) in [5.74, 6) is -0.261. The van der Waals surface area contributed by atoms with Crippen LogP contribution in [0.1, 0.15) is 18.4 Å². The van der Waals surface area contributed by atoms with Crippen molar-refractivity contribution in [2.45, 2.75) is 17.7 Å². The predicted molar refractivity (Wildman–Crippen MR) is 77.2 cm³/mol. The van der Waals surface area contributed by atoms with E-state index >= 15 is 0 Å². The van der Waals surface area contributed by atoms with Gasteiger partial charge < -0.3 is 4.90 Å². The van der Waals surface area contributed by atoms with E-state index in [4.69, 9.17) is 16.9 Å². The fourth-order valence-electron chi connectivity index (χ4n) is 2.09. The highest BCUT2D eigenvalue weighted by Gasteiger charge is 2.23. The van der Waals surface area contributed by atoms with E-state index in [-0.39, 0.29) is 27.9 Å². The Morgan fingerprint density at radius 2 is 2.05 bits per heavy atom. The van der Waals surface area contributed by atoms with Gasteiger partial charge in [-0.25, -0.2) is 13.1 Å². The normalized spacial score (nSPS) is 15.0. The van der Waals surface area contributed by atoms with Crippen molar-refractivity contribution in [3.05, 3.63) is 28.8 Å². The molecule has 0 radical (unpaired) electrons. The van der Waals surface area contributed by atoms with Crippen molar-refractivity contribution in [2.75, 3.05) is 19.6 Å². The first-order chi connectivity index (χ1) is 9.94. The number of carbonyl (C=O) groups is 1. The van der Waals surface area contributed by atoms with Gasteiger partial charge in [-0.3, -0.25) is 4.79 Å². The van der Waals surface area contributed by atoms with Crippen molar-refractivity contribution < 1.29 is 13.2 Å². The van der Waals surface area contributed by atoms with E-state index < -0.39 is 10.0 Å². The van der Waals surface area contributed by atoms with Gasteiger partial charge in [0.2, 0.25) is 15.9 Å². The van der Waals surface area contributed by atoms with Crippen LogP contribution in [0.2, 0.25) is 5.02 Å². The van der Waals surface area contributed by atoms with E-state index in [0.717, 1.165) is 12.8 Å². The number of hydrogen-bond donors (Lipinski definition) is 1. The van der Waals surface area contributed by atoms with Gasteiger partial charge in [-0.2, -0.15) is 5.26 Å². The van der Waals surface area contributed by atoms with Crippen LogP contribution in [0.15, 0.2) is 23.1 Å². The van der Waals surface area contributed by atoms with E-state index in [0.29, 0.717) is 13.1 Å². The van der Waals surface area contributed by atoms with Crippen LogP contribution < -0.4 is 4.72 Å². The number of nitriles is 1. The average molecular weight is 328 g/mol. The van der Waals surface area contributed by atoms with Gasteiger partial charge in [0.05, 0.1) is 23.2 Å². The lowest BCUT2D eigenvalue weighted by molar-refractivity contribution is -0.128. The highest BCUT2D eigenvalue weighted by molar-refractivity contribution is 7.89. The number of hydrogen-bond acceptors (Lipinski definition) is 4. The molecule has 1 aliphatic heterocycles. The number of likely N-dealkylation sites (tertiary alicyclic amines) is 1. The molecule has 0 atom stereocenters. The Hall–Kier alpha value is -1.62. The van der Waals surface area contributed by atoms with Gasteiger partial charge in [0.1, 0.15) is 4.90 Å².